The highest BCUT2D eigenvalue weighted by atomic mass is 19.1. The maximum Gasteiger partial charge on any atom is 0.255 e. The van der Waals surface area contributed by atoms with Crippen molar-refractivity contribution in [2.75, 3.05) is 25.5 Å². The van der Waals surface area contributed by atoms with Crippen molar-refractivity contribution in [1.82, 2.24) is 20.6 Å². The summed E-state index contributed by atoms with van der Waals surface area (Å²) >= 11 is 0. The third kappa shape index (κ3) is 3.32. The second-order valence-electron chi connectivity index (χ2n) is 8.94. The minimum atomic E-state index is -0.485. The first-order valence-corrected chi connectivity index (χ1v) is 11.4. The van der Waals surface area contributed by atoms with Crippen LogP contribution in [0.3, 0.4) is 0 Å². The summed E-state index contributed by atoms with van der Waals surface area (Å²) in [6, 6.07) is 6.54. The molecule has 172 valence electrons. The molecule has 0 bridgehead atoms. The van der Waals surface area contributed by atoms with E-state index in [1.54, 1.807) is 24.5 Å². The van der Waals surface area contributed by atoms with E-state index in [1.165, 1.54) is 13.2 Å². The molecule has 6 rings (SSSR count). The summed E-state index contributed by atoms with van der Waals surface area (Å²) in [4.78, 5) is 20.6. The first-order chi connectivity index (χ1) is 16.6. The Labute approximate surface area is 196 Å². The minimum absolute atomic E-state index is 0.0714. The number of amides is 1. The van der Waals surface area contributed by atoms with E-state index in [4.69, 9.17) is 4.74 Å². The topological polar surface area (TPSA) is 91.1 Å². The van der Waals surface area contributed by atoms with Crippen molar-refractivity contribution in [3.63, 3.8) is 0 Å². The first-order valence-electron chi connectivity index (χ1n) is 11.4. The molecule has 1 saturated carbocycles. The Hall–Kier alpha value is -3.83. The summed E-state index contributed by atoms with van der Waals surface area (Å²) < 4.78 is 19.7. The lowest BCUT2D eigenvalue weighted by molar-refractivity contribution is 0.0947. The lowest BCUT2D eigenvalue weighted by atomic mass is 10.0. The number of halogens is 1. The van der Waals surface area contributed by atoms with Crippen LogP contribution in [0.25, 0.3) is 11.3 Å². The molecule has 1 saturated heterocycles. The molecular formula is C26H24FN5O2. The molecule has 2 fully saturated rings. The van der Waals surface area contributed by atoms with Gasteiger partial charge in [-0.05, 0) is 43.5 Å². The number of pyridine rings is 1. The Kier molecular flexibility index (Phi) is 4.82. The molecule has 7 nitrogen and oxygen atoms in total. The van der Waals surface area contributed by atoms with Crippen molar-refractivity contribution in [1.29, 1.82) is 0 Å². The third-order valence-corrected chi connectivity index (χ3v) is 6.95. The highest BCUT2D eigenvalue weighted by molar-refractivity contribution is 6.06. The zero-order valence-electron chi connectivity index (χ0n) is 18.7. The molecule has 2 aromatic heterocycles. The number of nitrogens with one attached hydrogen (secondary N) is 4. The van der Waals surface area contributed by atoms with Gasteiger partial charge in [-0.15, -0.1) is 0 Å². The average molecular weight is 458 g/mol. The van der Waals surface area contributed by atoms with Gasteiger partial charge in [-0.3, -0.25) is 9.78 Å². The Morgan fingerprint density at radius 1 is 1.29 bits per heavy atom. The van der Waals surface area contributed by atoms with E-state index in [0.29, 0.717) is 41.5 Å². The molecule has 2 aliphatic heterocycles. The fourth-order valence-electron chi connectivity index (χ4n) is 5.11. The van der Waals surface area contributed by atoms with Gasteiger partial charge in [-0.25, -0.2) is 4.39 Å². The summed E-state index contributed by atoms with van der Waals surface area (Å²) in [5.74, 6) is 6.82. The van der Waals surface area contributed by atoms with Crippen molar-refractivity contribution < 1.29 is 13.9 Å². The van der Waals surface area contributed by atoms with E-state index in [9.17, 15) is 9.18 Å². The van der Waals surface area contributed by atoms with Crippen LogP contribution in [0.5, 0.6) is 5.75 Å². The molecule has 8 heteroatoms. The number of para-hydroxylation sites is 1. The number of carbonyl (C=O) groups is 1. The predicted octanol–water partition coefficient (Wildman–Crippen LogP) is 3.36. The van der Waals surface area contributed by atoms with Gasteiger partial charge in [0.05, 0.1) is 40.8 Å². The zero-order chi connectivity index (χ0) is 23.3. The maximum atomic E-state index is 14.4. The maximum absolute atomic E-state index is 14.4. The molecule has 2 unspecified atom stereocenters. The van der Waals surface area contributed by atoms with Crippen molar-refractivity contribution in [2.24, 2.45) is 5.92 Å². The zero-order valence-corrected chi connectivity index (χ0v) is 18.7. The van der Waals surface area contributed by atoms with Crippen LogP contribution < -0.4 is 20.7 Å². The summed E-state index contributed by atoms with van der Waals surface area (Å²) in [5, 5.41) is 9.70. The Morgan fingerprint density at radius 3 is 3.00 bits per heavy atom. The van der Waals surface area contributed by atoms with E-state index < -0.39 is 5.82 Å². The van der Waals surface area contributed by atoms with Gasteiger partial charge < -0.3 is 25.7 Å². The van der Waals surface area contributed by atoms with Crippen LogP contribution >= 0.6 is 0 Å². The van der Waals surface area contributed by atoms with Crippen LogP contribution in [-0.4, -0.2) is 41.6 Å². The number of hydrogen-bond donors (Lipinski definition) is 4. The smallest absolute Gasteiger partial charge is 0.255 e. The number of rotatable bonds is 4. The van der Waals surface area contributed by atoms with Gasteiger partial charge in [0, 0.05) is 36.6 Å². The molecule has 34 heavy (non-hydrogen) atoms. The number of piperidine rings is 1. The molecule has 4 heterocycles. The lowest BCUT2D eigenvalue weighted by Crippen LogP contribution is -2.31. The van der Waals surface area contributed by atoms with Gasteiger partial charge >= 0.3 is 0 Å². The highest BCUT2D eigenvalue weighted by Crippen LogP contribution is 2.49. The van der Waals surface area contributed by atoms with Gasteiger partial charge in [-0.2, -0.15) is 0 Å². The fraction of sp³-hybridized carbons (Fsp3) is 0.308. The van der Waals surface area contributed by atoms with E-state index in [2.05, 4.69) is 37.8 Å². The van der Waals surface area contributed by atoms with Gasteiger partial charge in [0.15, 0.2) is 11.6 Å². The lowest BCUT2D eigenvalue weighted by Gasteiger charge is -2.17. The number of carbonyl (C=O) groups excluding carboxylic acids is 1. The highest BCUT2D eigenvalue weighted by Gasteiger charge is 2.56. The van der Waals surface area contributed by atoms with Gasteiger partial charge in [0.25, 0.3) is 5.91 Å². The summed E-state index contributed by atoms with van der Waals surface area (Å²) in [6.07, 6.45) is 6.36. The summed E-state index contributed by atoms with van der Waals surface area (Å²) in [7, 11) is 1.42. The van der Waals surface area contributed by atoms with Crippen molar-refractivity contribution in [2.45, 2.75) is 24.8 Å². The molecule has 2 atom stereocenters. The molecule has 1 aromatic carbocycles. The summed E-state index contributed by atoms with van der Waals surface area (Å²) in [5.41, 5.74) is 4.57. The number of aromatic amines is 1. The second-order valence-corrected chi connectivity index (χ2v) is 8.94. The Bertz CT molecular complexity index is 1370. The number of nitrogens with zero attached hydrogens (tertiary/aromatic N) is 1. The van der Waals surface area contributed by atoms with E-state index in [1.807, 2.05) is 6.07 Å². The number of H-pyrrole nitrogens is 1. The number of benzene rings is 1. The quantitative estimate of drug-likeness (QED) is 0.451. The van der Waals surface area contributed by atoms with Crippen LogP contribution in [-0.2, 0) is 6.42 Å². The van der Waals surface area contributed by atoms with Crippen LogP contribution in [0.15, 0.2) is 36.7 Å². The van der Waals surface area contributed by atoms with Gasteiger partial charge in [-0.1, -0.05) is 17.9 Å². The monoisotopic (exact) mass is 457 g/mol. The predicted molar refractivity (Wildman–Crippen MR) is 127 cm³/mol. The molecule has 4 N–H and O–H groups in total. The Morgan fingerprint density at radius 2 is 2.21 bits per heavy atom. The SMILES string of the molecule is COc1c(F)cccc1Nc1c(-c2ccncc2C#CC23CC2CCN3)[nH]c2c1C(=O)NCC2. The van der Waals surface area contributed by atoms with Crippen LogP contribution in [0.1, 0.15) is 34.5 Å². The number of fused-ring (bicyclic) bond motifs is 2. The van der Waals surface area contributed by atoms with Crippen molar-refractivity contribution in [3.8, 4) is 28.8 Å². The molecule has 3 aromatic rings. The number of methoxy groups -OCH3 is 1. The molecule has 3 aliphatic rings. The number of hydrogen-bond acceptors (Lipinski definition) is 5. The minimum Gasteiger partial charge on any atom is -0.492 e. The molecular weight excluding hydrogens is 433 g/mol. The van der Waals surface area contributed by atoms with Crippen LogP contribution in [0.4, 0.5) is 15.8 Å². The second kappa shape index (κ2) is 7.89. The van der Waals surface area contributed by atoms with Crippen LogP contribution in [0, 0.1) is 23.6 Å². The van der Waals surface area contributed by atoms with Crippen molar-refractivity contribution in [3.05, 3.63) is 59.3 Å². The van der Waals surface area contributed by atoms with Crippen molar-refractivity contribution >= 4 is 17.3 Å². The van der Waals surface area contributed by atoms with E-state index in [-0.39, 0.29) is 17.2 Å². The molecule has 0 spiro atoms. The molecule has 1 aliphatic carbocycles. The van der Waals surface area contributed by atoms with Gasteiger partial charge in [0.2, 0.25) is 0 Å². The Balaban J connectivity index is 1.48. The number of aromatic nitrogens is 2. The largest absolute Gasteiger partial charge is 0.492 e. The fourth-order valence-corrected chi connectivity index (χ4v) is 5.11. The molecule has 0 radical (unpaired) electrons. The molecule has 1 amide bonds. The number of ether oxygens (including phenoxy) is 1. The van der Waals surface area contributed by atoms with Crippen LogP contribution in [0.2, 0.25) is 0 Å². The summed E-state index contributed by atoms with van der Waals surface area (Å²) in [6.45, 7) is 1.55. The van der Waals surface area contributed by atoms with E-state index >= 15 is 0 Å². The van der Waals surface area contributed by atoms with Gasteiger partial charge in [0.1, 0.15) is 0 Å². The number of anilines is 2. The third-order valence-electron chi connectivity index (χ3n) is 6.95. The average Bonchev–Trinajstić information content (AvgIpc) is 3.18. The normalized spacial score (nSPS) is 22.2. The first kappa shape index (κ1) is 20.8. The standard InChI is InChI=1S/C26H24FN5O2/c1-34-24-18(27)3-2-4-20(24)32-23-21-19(8-11-29-25(21)33)31-22(23)17-7-10-28-14-15(17)5-9-26-13-16(26)6-12-30-26/h2-4,7,10,14,16,30-32H,6,8,11-13H2,1H3,(H,29,33). The van der Waals surface area contributed by atoms with E-state index in [0.717, 1.165) is 36.2 Å².